The van der Waals surface area contributed by atoms with Gasteiger partial charge in [-0.15, -0.1) is 0 Å². The molecule has 1 rings (SSSR count). The molecule has 0 nitrogen and oxygen atoms in total. The quantitative estimate of drug-likeness (QED) is 0.239. The molecule has 1 aromatic carbocycles. The van der Waals surface area contributed by atoms with E-state index >= 15 is 0 Å². The normalized spacial score (nSPS) is 16.4. The zero-order valence-electron chi connectivity index (χ0n) is 20.6. The predicted octanol–water partition coefficient (Wildman–Crippen LogP) is 9.84. The average Bonchev–Trinajstić information content (AvgIpc) is 2.77. The molecule has 0 amide bonds. The largest absolute Gasteiger partial charge is 0.0888 e. The Balaban J connectivity index is 0.00000407. The van der Waals surface area contributed by atoms with Gasteiger partial charge in [-0.25, -0.2) is 0 Å². The molecule has 0 aliphatic rings. The molecule has 0 radical (unpaired) electrons. The standard InChI is InChI=1S/C28H40.C2H6/c1-6-8-17-23-28(5,22-7-2)24-18-12-10-9-11-14-19-25(3)26(4)27-20-15-13-16-21-27;1-2/h8-21,24-26H,6-7,22-23H2,1-5H3;1-2H3/b11-9+,12-10-,17-8-,19-14+,24-18+;. The molecule has 0 heteroatoms. The van der Waals surface area contributed by atoms with Crippen molar-refractivity contribution in [2.75, 3.05) is 0 Å². The minimum atomic E-state index is 0.261. The molecule has 3 unspecified atom stereocenters. The van der Waals surface area contributed by atoms with Gasteiger partial charge in [-0.1, -0.05) is 146 Å². The lowest BCUT2D eigenvalue weighted by molar-refractivity contribution is 0.391. The molecule has 0 aromatic heterocycles. The third-order valence-electron chi connectivity index (χ3n) is 5.39. The summed E-state index contributed by atoms with van der Waals surface area (Å²) in [4.78, 5) is 0. The van der Waals surface area contributed by atoms with Gasteiger partial charge in [0.1, 0.15) is 0 Å². The lowest BCUT2D eigenvalue weighted by Crippen LogP contribution is -2.11. The predicted molar refractivity (Wildman–Crippen MR) is 139 cm³/mol. The molecular weight excluding hydrogens is 360 g/mol. The van der Waals surface area contributed by atoms with Crippen LogP contribution in [-0.4, -0.2) is 0 Å². The van der Waals surface area contributed by atoms with Crippen molar-refractivity contribution in [1.82, 2.24) is 0 Å². The molecule has 1 aromatic rings. The van der Waals surface area contributed by atoms with E-state index in [1.165, 1.54) is 18.4 Å². The summed E-state index contributed by atoms with van der Waals surface area (Å²) in [5, 5.41) is 0. The number of benzene rings is 1. The highest BCUT2D eigenvalue weighted by Crippen LogP contribution is 2.30. The van der Waals surface area contributed by atoms with E-state index < -0.39 is 0 Å². The summed E-state index contributed by atoms with van der Waals surface area (Å²) in [6.07, 6.45) is 26.8. The van der Waals surface area contributed by atoms with Gasteiger partial charge < -0.3 is 0 Å². The van der Waals surface area contributed by atoms with Crippen LogP contribution in [0.4, 0.5) is 0 Å². The van der Waals surface area contributed by atoms with Crippen LogP contribution in [0, 0.1) is 11.3 Å². The van der Waals surface area contributed by atoms with Gasteiger partial charge in [-0.3, -0.25) is 0 Å². The van der Waals surface area contributed by atoms with Crippen molar-refractivity contribution in [1.29, 1.82) is 0 Å². The van der Waals surface area contributed by atoms with Crippen molar-refractivity contribution >= 4 is 0 Å². The summed E-state index contributed by atoms with van der Waals surface area (Å²) < 4.78 is 0. The van der Waals surface area contributed by atoms with Crippen LogP contribution in [0.3, 0.4) is 0 Å². The molecule has 0 aliphatic heterocycles. The summed E-state index contributed by atoms with van der Waals surface area (Å²) in [7, 11) is 0. The Morgan fingerprint density at radius 2 is 1.43 bits per heavy atom. The van der Waals surface area contributed by atoms with E-state index in [0.717, 1.165) is 12.8 Å². The highest BCUT2D eigenvalue weighted by molar-refractivity contribution is 5.22. The second-order valence-electron chi connectivity index (χ2n) is 8.06. The van der Waals surface area contributed by atoms with Crippen LogP contribution in [0.15, 0.2) is 91.1 Å². The number of allylic oxidation sites excluding steroid dienone is 10. The third-order valence-corrected chi connectivity index (χ3v) is 5.39. The van der Waals surface area contributed by atoms with Crippen LogP contribution in [0.25, 0.3) is 0 Å². The van der Waals surface area contributed by atoms with Crippen LogP contribution in [0.5, 0.6) is 0 Å². The van der Waals surface area contributed by atoms with Gasteiger partial charge in [-0.05, 0) is 42.1 Å². The van der Waals surface area contributed by atoms with Crippen LogP contribution in [-0.2, 0) is 0 Å². The summed E-state index contributed by atoms with van der Waals surface area (Å²) >= 11 is 0. The lowest BCUT2D eigenvalue weighted by atomic mass is 9.82. The minimum Gasteiger partial charge on any atom is -0.0888 e. The molecular formula is C30H46. The highest BCUT2D eigenvalue weighted by Gasteiger charge is 2.17. The van der Waals surface area contributed by atoms with Crippen LogP contribution in [0.2, 0.25) is 0 Å². The SMILES string of the molecule is CC.CC/C=C\CC(C)(/C=C/C=C\C=C\C=C\C(C)C(C)c1ccccc1)CCC. The van der Waals surface area contributed by atoms with E-state index in [1.54, 1.807) is 0 Å². The molecule has 166 valence electrons. The van der Waals surface area contributed by atoms with Gasteiger partial charge in [0.2, 0.25) is 0 Å². The van der Waals surface area contributed by atoms with Crippen molar-refractivity contribution < 1.29 is 0 Å². The van der Waals surface area contributed by atoms with Crippen LogP contribution >= 0.6 is 0 Å². The van der Waals surface area contributed by atoms with E-state index in [4.69, 9.17) is 0 Å². The molecule has 30 heavy (non-hydrogen) atoms. The van der Waals surface area contributed by atoms with Crippen LogP contribution in [0.1, 0.15) is 85.6 Å². The van der Waals surface area contributed by atoms with Gasteiger partial charge in [0, 0.05) is 0 Å². The zero-order chi connectivity index (χ0) is 22.7. The molecule has 3 atom stereocenters. The Morgan fingerprint density at radius 3 is 2.03 bits per heavy atom. The maximum absolute atomic E-state index is 2.36. The van der Waals surface area contributed by atoms with Gasteiger partial charge >= 0.3 is 0 Å². The first kappa shape index (κ1) is 27.9. The molecule has 0 fully saturated rings. The maximum atomic E-state index is 2.36. The molecule has 0 saturated carbocycles. The number of rotatable bonds is 12. The van der Waals surface area contributed by atoms with Gasteiger partial charge in [0.15, 0.2) is 0 Å². The topological polar surface area (TPSA) is 0 Å². The summed E-state index contributed by atoms with van der Waals surface area (Å²) in [5.74, 6) is 1.05. The smallest absolute Gasteiger partial charge is 0.0109 e. The van der Waals surface area contributed by atoms with Crippen molar-refractivity contribution in [3.63, 3.8) is 0 Å². The summed E-state index contributed by atoms with van der Waals surface area (Å²) in [6.45, 7) is 15.4. The van der Waals surface area contributed by atoms with E-state index in [2.05, 4.69) is 126 Å². The summed E-state index contributed by atoms with van der Waals surface area (Å²) in [5.41, 5.74) is 1.66. The van der Waals surface area contributed by atoms with Crippen molar-refractivity contribution in [3.05, 3.63) is 96.7 Å². The molecule has 0 N–H and O–H groups in total. The zero-order valence-corrected chi connectivity index (χ0v) is 20.6. The third kappa shape index (κ3) is 12.5. The van der Waals surface area contributed by atoms with Crippen molar-refractivity contribution in [3.8, 4) is 0 Å². The molecule has 0 spiro atoms. The average molecular weight is 407 g/mol. The molecule has 0 aliphatic carbocycles. The second kappa shape index (κ2) is 17.8. The Labute approximate surface area is 188 Å². The Morgan fingerprint density at radius 1 is 0.833 bits per heavy atom. The molecule has 0 bridgehead atoms. The highest BCUT2D eigenvalue weighted by atomic mass is 14.2. The monoisotopic (exact) mass is 406 g/mol. The second-order valence-corrected chi connectivity index (χ2v) is 8.06. The fourth-order valence-corrected chi connectivity index (χ4v) is 3.35. The van der Waals surface area contributed by atoms with E-state index in [9.17, 15) is 0 Å². The van der Waals surface area contributed by atoms with Crippen molar-refractivity contribution in [2.45, 2.75) is 80.1 Å². The first-order valence-electron chi connectivity index (χ1n) is 11.9. The summed E-state index contributed by atoms with van der Waals surface area (Å²) in [6, 6.07) is 10.7. The van der Waals surface area contributed by atoms with Gasteiger partial charge in [-0.2, -0.15) is 0 Å². The molecule has 0 saturated heterocycles. The maximum Gasteiger partial charge on any atom is -0.0109 e. The lowest BCUT2D eigenvalue weighted by Gasteiger charge is -2.23. The van der Waals surface area contributed by atoms with E-state index in [-0.39, 0.29) is 5.41 Å². The first-order chi connectivity index (χ1) is 14.5. The fourth-order valence-electron chi connectivity index (χ4n) is 3.35. The van der Waals surface area contributed by atoms with Gasteiger partial charge in [0.25, 0.3) is 0 Å². The Hall–Kier alpha value is -2.08. The fraction of sp³-hybridized carbons (Fsp3) is 0.467. The van der Waals surface area contributed by atoms with E-state index in [1.807, 2.05) is 13.8 Å². The Kier molecular flexibility index (Phi) is 16.5. The van der Waals surface area contributed by atoms with Crippen LogP contribution < -0.4 is 0 Å². The number of hydrogen-bond donors (Lipinski definition) is 0. The Bertz CT molecular complexity index is 657. The van der Waals surface area contributed by atoms with Crippen molar-refractivity contribution in [2.24, 2.45) is 11.3 Å². The molecule has 0 heterocycles. The van der Waals surface area contributed by atoms with Gasteiger partial charge in [0.05, 0.1) is 0 Å². The van der Waals surface area contributed by atoms with E-state index in [0.29, 0.717) is 11.8 Å². The number of hydrogen-bond acceptors (Lipinski definition) is 0. The minimum absolute atomic E-state index is 0.261. The first-order valence-corrected chi connectivity index (χ1v) is 11.9.